The molecule has 1 aromatic carbocycles. The van der Waals surface area contributed by atoms with Crippen LogP contribution in [-0.4, -0.2) is 87.6 Å². The molecule has 3 amide bonds. The van der Waals surface area contributed by atoms with Crippen LogP contribution in [0, 0.1) is 17.8 Å². The van der Waals surface area contributed by atoms with Gasteiger partial charge in [-0.3, -0.25) is 24.2 Å². The molecule has 7 atom stereocenters. The predicted octanol–water partition coefficient (Wildman–Crippen LogP) is 3.11. The third-order valence-corrected chi connectivity index (χ3v) is 10.5. The fourth-order valence-corrected chi connectivity index (χ4v) is 8.05. The summed E-state index contributed by atoms with van der Waals surface area (Å²) in [6.45, 7) is 9.15. The first-order chi connectivity index (χ1) is 19.7. The molecule has 1 aromatic heterocycles. The van der Waals surface area contributed by atoms with Gasteiger partial charge in [-0.05, 0) is 55.0 Å². The van der Waals surface area contributed by atoms with Crippen LogP contribution in [0.3, 0.4) is 0 Å². The average molecular weight is 560 g/mol. The number of nitrogens with one attached hydrogen (secondary N) is 2. The Morgan fingerprint density at radius 1 is 1.24 bits per heavy atom. The highest BCUT2D eigenvalue weighted by Gasteiger charge is 2.65. The minimum Gasteiger partial charge on any atom is -0.361 e. The van der Waals surface area contributed by atoms with Crippen LogP contribution < -0.4 is 5.32 Å². The number of rotatable bonds is 5. The van der Waals surface area contributed by atoms with Crippen LogP contribution in [0.2, 0.25) is 0 Å². The molecule has 2 aromatic rings. The van der Waals surface area contributed by atoms with Crippen molar-refractivity contribution in [1.29, 1.82) is 0 Å². The highest BCUT2D eigenvalue weighted by molar-refractivity contribution is 6.01. The molecule has 0 saturated carbocycles. The molecule has 9 nitrogen and oxygen atoms in total. The van der Waals surface area contributed by atoms with E-state index in [1.54, 1.807) is 4.90 Å². The zero-order valence-corrected chi connectivity index (χ0v) is 24.6. The van der Waals surface area contributed by atoms with Crippen molar-refractivity contribution in [3.8, 4) is 0 Å². The molecule has 3 saturated heterocycles. The lowest BCUT2D eigenvalue weighted by molar-refractivity contribution is -0.174. The summed E-state index contributed by atoms with van der Waals surface area (Å²) in [5.41, 5.74) is 3.23. The minimum absolute atomic E-state index is 0.0150. The van der Waals surface area contributed by atoms with Crippen molar-refractivity contribution < 1.29 is 19.1 Å². The Hall–Kier alpha value is -3.17. The second-order valence-corrected chi connectivity index (χ2v) is 13.1. The van der Waals surface area contributed by atoms with Gasteiger partial charge < -0.3 is 19.9 Å². The number of benzene rings is 1. The standard InChI is InChI=1S/C32H41N5O4/c1-6-18(4)27-29(39)36-12-8-11-24(36)30-37(27)31(40)32(41-30,17(2)3)34-28(38)20-13-22-21-9-7-10-23-26(21)19(15-33-23)14-25(22)35(5)16-20/h7,9-10,13,15,17-18,20,24-25,27,30,33H,6,8,11-12,14,16H2,1-5H3,(H,34,38). The number of nitrogens with zero attached hydrogens (tertiary/aromatic N) is 3. The largest absolute Gasteiger partial charge is 0.361 e. The predicted molar refractivity (Wildman–Crippen MR) is 155 cm³/mol. The van der Waals surface area contributed by atoms with Gasteiger partial charge in [0, 0.05) is 42.1 Å². The summed E-state index contributed by atoms with van der Waals surface area (Å²) in [5, 5.41) is 4.37. The van der Waals surface area contributed by atoms with Gasteiger partial charge in [0.2, 0.25) is 17.5 Å². The van der Waals surface area contributed by atoms with Crippen LogP contribution >= 0.6 is 0 Å². The summed E-state index contributed by atoms with van der Waals surface area (Å²) in [4.78, 5) is 51.4. The maximum Gasteiger partial charge on any atom is 0.279 e. The van der Waals surface area contributed by atoms with Crippen molar-refractivity contribution in [3.63, 3.8) is 0 Å². The average Bonchev–Trinajstić information content (AvgIpc) is 3.68. The van der Waals surface area contributed by atoms with E-state index in [-0.39, 0.29) is 41.6 Å². The Kier molecular flexibility index (Phi) is 6.14. The number of hydrogen-bond donors (Lipinski definition) is 2. The van der Waals surface area contributed by atoms with Gasteiger partial charge in [0.05, 0.1) is 12.0 Å². The van der Waals surface area contributed by atoms with Crippen molar-refractivity contribution in [2.75, 3.05) is 20.1 Å². The van der Waals surface area contributed by atoms with Gasteiger partial charge in [-0.25, -0.2) is 0 Å². The topological polar surface area (TPSA) is 98.0 Å². The summed E-state index contributed by atoms with van der Waals surface area (Å²) < 4.78 is 6.70. The molecule has 3 fully saturated rings. The van der Waals surface area contributed by atoms with Gasteiger partial charge >= 0.3 is 0 Å². The molecule has 1 aliphatic carbocycles. The maximum absolute atomic E-state index is 14.4. The van der Waals surface area contributed by atoms with Crippen molar-refractivity contribution in [1.82, 2.24) is 25.0 Å². The summed E-state index contributed by atoms with van der Waals surface area (Å²) in [6, 6.07) is 5.73. The molecule has 4 aliphatic heterocycles. The van der Waals surface area contributed by atoms with Gasteiger partial charge in [0.1, 0.15) is 6.04 Å². The number of ether oxygens (including phenoxy) is 1. The van der Waals surface area contributed by atoms with E-state index in [4.69, 9.17) is 4.74 Å². The van der Waals surface area contributed by atoms with E-state index in [1.807, 2.05) is 32.6 Å². The Morgan fingerprint density at radius 3 is 2.80 bits per heavy atom. The van der Waals surface area contributed by atoms with E-state index < -0.39 is 23.9 Å². The summed E-state index contributed by atoms with van der Waals surface area (Å²) in [6.07, 6.45) is 7.01. The molecule has 9 heteroatoms. The first-order valence-electron chi connectivity index (χ1n) is 15.3. The Balaban J connectivity index is 1.23. The van der Waals surface area contributed by atoms with Gasteiger partial charge in [0.25, 0.3) is 5.91 Å². The number of amides is 3. The highest BCUT2D eigenvalue weighted by atomic mass is 16.6. The Bertz CT molecular complexity index is 1460. The van der Waals surface area contributed by atoms with Gasteiger partial charge in [0.15, 0.2) is 6.23 Å². The minimum atomic E-state index is -1.51. The fourth-order valence-electron chi connectivity index (χ4n) is 8.05. The molecular weight excluding hydrogens is 518 g/mol. The van der Waals surface area contributed by atoms with Gasteiger partial charge in [-0.1, -0.05) is 52.3 Å². The van der Waals surface area contributed by atoms with Crippen LogP contribution in [0.4, 0.5) is 0 Å². The number of hydrogen-bond acceptors (Lipinski definition) is 5. The highest BCUT2D eigenvalue weighted by Crippen LogP contribution is 2.45. The summed E-state index contributed by atoms with van der Waals surface area (Å²) in [5.74, 6) is -1.27. The lowest BCUT2D eigenvalue weighted by Gasteiger charge is -2.46. The number of carbonyl (C=O) groups excluding carboxylic acids is 3. The van der Waals surface area contributed by atoms with Crippen LogP contribution in [0.1, 0.15) is 58.1 Å². The molecule has 218 valence electrons. The molecule has 2 N–H and O–H groups in total. The molecule has 7 rings (SSSR count). The summed E-state index contributed by atoms with van der Waals surface area (Å²) in [7, 11) is 2.07. The zero-order chi connectivity index (χ0) is 28.8. The van der Waals surface area contributed by atoms with Crippen molar-refractivity contribution in [2.24, 2.45) is 17.8 Å². The van der Waals surface area contributed by atoms with Crippen molar-refractivity contribution in [3.05, 3.63) is 41.6 Å². The number of H-pyrrole nitrogens is 1. The van der Waals surface area contributed by atoms with E-state index in [0.29, 0.717) is 13.1 Å². The molecule has 7 unspecified atom stereocenters. The Labute approximate surface area is 241 Å². The summed E-state index contributed by atoms with van der Waals surface area (Å²) >= 11 is 0. The van der Waals surface area contributed by atoms with Gasteiger partial charge in [-0.2, -0.15) is 0 Å². The SMILES string of the molecule is CCC(C)C1C(=O)N2CCCC2C2OC(NC(=O)C3C=C4c5cccc6[nH]cc(c56)CC4N(C)C3)(C(C)C)C(=O)N21. The monoisotopic (exact) mass is 559 g/mol. The number of likely N-dealkylation sites (N-methyl/N-ethyl adjacent to an activating group) is 1. The molecular formula is C32H41N5O4. The third-order valence-electron chi connectivity index (χ3n) is 10.5. The third kappa shape index (κ3) is 3.70. The first kappa shape index (κ1) is 26.7. The molecule has 41 heavy (non-hydrogen) atoms. The van der Waals surface area contributed by atoms with Crippen molar-refractivity contribution in [2.45, 2.75) is 83.5 Å². The second-order valence-electron chi connectivity index (χ2n) is 13.1. The maximum atomic E-state index is 14.4. The van der Waals surface area contributed by atoms with E-state index in [1.165, 1.54) is 16.5 Å². The van der Waals surface area contributed by atoms with Crippen molar-refractivity contribution >= 4 is 34.2 Å². The fraction of sp³-hybridized carbons (Fsp3) is 0.594. The van der Waals surface area contributed by atoms with E-state index >= 15 is 0 Å². The molecule has 0 bridgehead atoms. The lowest BCUT2D eigenvalue weighted by atomic mass is 9.79. The molecule has 5 heterocycles. The molecule has 0 radical (unpaired) electrons. The van der Waals surface area contributed by atoms with E-state index in [2.05, 4.69) is 52.7 Å². The number of fused-ring (bicyclic) bond motifs is 5. The number of carbonyl (C=O) groups is 3. The van der Waals surface area contributed by atoms with Crippen LogP contribution in [0.25, 0.3) is 16.5 Å². The lowest BCUT2D eigenvalue weighted by Crippen LogP contribution is -2.66. The van der Waals surface area contributed by atoms with Crippen LogP contribution in [0.5, 0.6) is 0 Å². The normalized spacial score (nSPS) is 33.6. The van der Waals surface area contributed by atoms with E-state index in [9.17, 15) is 14.4 Å². The first-order valence-corrected chi connectivity index (χ1v) is 15.3. The number of aromatic amines is 1. The Morgan fingerprint density at radius 2 is 2.05 bits per heavy atom. The van der Waals surface area contributed by atoms with Crippen LogP contribution in [0.15, 0.2) is 30.5 Å². The molecule has 5 aliphatic rings. The van der Waals surface area contributed by atoms with Gasteiger partial charge in [-0.15, -0.1) is 0 Å². The number of aromatic nitrogens is 1. The smallest absolute Gasteiger partial charge is 0.279 e. The molecule has 0 spiro atoms. The van der Waals surface area contributed by atoms with Crippen LogP contribution in [-0.2, 0) is 25.5 Å². The quantitative estimate of drug-likeness (QED) is 0.587. The second kappa shape index (κ2) is 9.42. The van der Waals surface area contributed by atoms with E-state index in [0.717, 1.165) is 36.8 Å². The number of piperazine rings is 1. The zero-order valence-electron chi connectivity index (χ0n) is 24.6.